The molecular formula is C25H37N. The lowest BCUT2D eigenvalue weighted by molar-refractivity contribution is 0.372. The first kappa shape index (κ1) is 20.6. The number of hydrogen-bond donors (Lipinski definition) is 1. The topological polar surface area (TPSA) is 12.0 Å². The normalized spacial score (nSPS) is 12.7. The molecule has 1 nitrogen and oxygen atoms in total. The zero-order valence-electron chi connectivity index (χ0n) is 18.0. The third-order valence-electron chi connectivity index (χ3n) is 5.28. The summed E-state index contributed by atoms with van der Waals surface area (Å²) in [5.41, 5.74) is 5.68. The van der Waals surface area contributed by atoms with Gasteiger partial charge < -0.3 is 5.32 Å². The highest BCUT2D eigenvalue weighted by molar-refractivity contribution is 5.61. The van der Waals surface area contributed by atoms with E-state index in [0.29, 0.717) is 11.8 Å². The minimum absolute atomic E-state index is 0.00598. The fourth-order valence-corrected chi connectivity index (χ4v) is 4.17. The van der Waals surface area contributed by atoms with Gasteiger partial charge >= 0.3 is 0 Å². The molecule has 1 N–H and O–H groups in total. The molecule has 0 saturated heterocycles. The molecule has 0 aromatic heterocycles. The summed E-state index contributed by atoms with van der Waals surface area (Å²) in [7, 11) is 0. The minimum Gasteiger partial charge on any atom is -0.380 e. The smallest absolute Gasteiger partial charge is 0.0414 e. The van der Waals surface area contributed by atoms with Crippen molar-refractivity contribution in [2.75, 3.05) is 5.32 Å². The van der Waals surface area contributed by atoms with E-state index in [4.69, 9.17) is 0 Å². The van der Waals surface area contributed by atoms with Gasteiger partial charge in [0, 0.05) is 11.2 Å². The van der Waals surface area contributed by atoms with Crippen LogP contribution in [-0.4, -0.2) is 5.54 Å². The zero-order valence-corrected chi connectivity index (χ0v) is 18.0. The largest absolute Gasteiger partial charge is 0.380 e. The van der Waals surface area contributed by atoms with Gasteiger partial charge in [0.05, 0.1) is 0 Å². The molecule has 0 bridgehead atoms. The van der Waals surface area contributed by atoms with Crippen LogP contribution in [0.2, 0.25) is 0 Å². The first-order valence-electron chi connectivity index (χ1n) is 10.00. The average Bonchev–Trinajstić information content (AvgIpc) is 2.54. The van der Waals surface area contributed by atoms with Gasteiger partial charge in [-0.05, 0) is 54.2 Å². The molecular weight excluding hydrogens is 314 g/mol. The lowest BCUT2D eigenvalue weighted by Gasteiger charge is -2.38. The second-order valence-corrected chi connectivity index (χ2v) is 9.56. The van der Waals surface area contributed by atoms with Crippen molar-refractivity contribution in [2.24, 2.45) is 0 Å². The van der Waals surface area contributed by atoms with E-state index in [1.54, 1.807) is 0 Å². The zero-order chi connectivity index (χ0) is 19.5. The van der Waals surface area contributed by atoms with Crippen molar-refractivity contribution in [1.29, 1.82) is 0 Å². The molecule has 0 spiro atoms. The molecule has 142 valence electrons. The molecule has 1 heteroatoms. The molecule has 0 atom stereocenters. The van der Waals surface area contributed by atoms with E-state index in [2.05, 4.69) is 109 Å². The quantitative estimate of drug-likeness (QED) is 0.545. The van der Waals surface area contributed by atoms with Crippen LogP contribution in [0.25, 0.3) is 0 Å². The number of hydrogen-bond acceptors (Lipinski definition) is 1. The van der Waals surface area contributed by atoms with Crippen LogP contribution in [0.4, 0.5) is 5.69 Å². The number of nitrogens with one attached hydrogen (secondary N) is 1. The van der Waals surface area contributed by atoms with Gasteiger partial charge in [-0.25, -0.2) is 0 Å². The summed E-state index contributed by atoms with van der Waals surface area (Å²) in [5.74, 6) is 1.02. The van der Waals surface area contributed by atoms with Gasteiger partial charge in [-0.15, -0.1) is 0 Å². The highest BCUT2D eigenvalue weighted by Crippen LogP contribution is 2.38. The van der Waals surface area contributed by atoms with Crippen LogP contribution < -0.4 is 5.32 Å². The number of para-hydroxylation sites is 1. The molecule has 2 aromatic carbocycles. The Hall–Kier alpha value is -1.76. The summed E-state index contributed by atoms with van der Waals surface area (Å²) in [6, 6.07) is 17.6. The van der Waals surface area contributed by atoms with Crippen LogP contribution in [-0.2, 0) is 5.41 Å². The van der Waals surface area contributed by atoms with Crippen molar-refractivity contribution in [3.63, 3.8) is 0 Å². The Bertz CT molecular complexity index is 682. The summed E-state index contributed by atoms with van der Waals surface area (Å²) in [6.45, 7) is 18.5. The Kier molecular flexibility index (Phi) is 6.21. The Balaban J connectivity index is 2.34. The summed E-state index contributed by atoms with van der Waals surface area (Å²) < 4.78 is 0. The standard InChI is InChI=1S/C25H37N/c1-18(2)21-15-12-16-22(19(3)4)23(21)26-25(7,8)17-24(5,6)20-13-10-9-11-14-20/h9-16,18-19,26H,17H2,1-8H3. The van der Waals surface area contributed by atoms with E-state index in [-0.39, 0.29) is 11.0 Å². The van der Waals surface area contributed by atoms with Crippen molar-refractivity contribution >= 4 is 5.69 Å². The Morgan fingerprint density at radius 2 is 1.23 bits per heavy atom. The molecule has 0 aliphatic carbocycles. The maximum Gasteiger partial charge on any atom is 0.0414 e. The van der Waals surface area contributed by atoms with Crippen LogP contribution >= 0.6 is 0 Å². The third kappa shape index (κ3) is 4.90. The molecule has 0 heterocycles. The van der Waals surface area contributed by atoms with Crippen LogP contribution in [0.1, 0.15) is 90.3 Å². The summed E-state index contributed by atoms with van der Waals surface area (Å²) in [6.07, 6.45) is 1.06. The Morgan fingerprint density at radius 1 is 0.731 bits per heavy atom. The fourth-order valence-electron chi connectivity index (χ4n) is 4.17. The second-order valence-electron chi connectivity index (χ2n) is 9.56. The third-order valence-corrected chi connectivity index (χ3v) is 5.28. The van der Waals surface area contributed by atoms with Crippen molar-refractivity contribution in [3.8, 4) is 0 Å². The van der Waals surface area contributed by atoms with Crippen LogP contribution in [0, 0.1) is 0 Å². The Labute approximate surface area is 161 Å². The van der Waals surface area contributed by atoms with Gasteiger partial charge in [-0.1, -0.05) is 90.1 Å². The second kappa shape index (κ2) is 7.86. The first-order valence-corrected chi connectivity index (χ1v) is 10.00. The van der Waals surface area contributed by atoms with Gasteiger partial charge in [0.15, 0.2) is 0 Å². The monoisotopic (exact) mass is 351 g/mol. The van der Waals surface area contributed by atoms with Crippen molar-refractivity contribution in [1.82, 2.24) is 0 Å². The predicted molar refractivity (Wildman–Crippen MR) is 116 cm³/mol. The summed E-state index contributed by atoms with van der Waals surface area (Å²) >= 11 is 0. The SMILES string of the molecule is CC(C)c1cccc(C(C)C)c1NC(C)(C)CC(C)(C)c1ccccc1. The van der Waals surface area contributed by atoms with Gasteiger partial charge in [-0.3, -0.25) is 0 Å². The van der Waals surface area contributed by atoms with Crippen molar-refractivity contribution < 1.29 is 0 Å². The highest BCUT2D eigenvalue weighted by Gasteiger charge is 2.31. The lowest BCUT2D eigenvalue weighted by Crippen LogP contribution is -2.38. The molecule has 0 aliphatic heterocycles. The average molecular weight is 352 g/mol. The van der Waals surface area contributed by atoms with E-state index in [0.717, 1.165) is 6.42 Å². The van der Waals surface area contributed by atoms with Gasteiger partial charge in [0.25, 0.3) is 0 Å². The van der Waals surface area contributed by atoms with Crippen molar-refractivity contribution in [2.45, 2.75) is 84.6 Å². The number of rotatable bonds is 7. The first-order chi connectivity index (χ1) is 12.0. The maximum atomic E-state index is 3.94. The molecule has 0 fully saturated rings. The summed E-state index contributed by atoms with van der Waals surface area (Å²) in [4.78, 5) is 0. The summed E-state index contributed by atoms with van der Waals surface area (Å²) in [5, 5.41) is 3.94. The van der Waals surface area contributed by atoms with E-state index < -0.39 is 0 Å². The van der Waals surface area contributed by atoms with E-state index in [1.165, 1.54) is 22.4 Å². The maximum absolute atomic E-state index is 3.94. The fraction of sp³-hybridized carbons (Fsp3) is 0.520. The highest BCUT2D eigenvalue weighted by atomic mass is 15.0. The Morgan fingerprint density at radius 3 is 1.69 bits per heavy atom. The van der Waals surface area contributed by atoms with Crippen LogP contribution in [0.5, 0.6) is 0 Å². The molecule has 0 radical (unpaired) electrons. The minimum atomic E-state index is -0.00598. The number of anilines is 1. The molecule has 26 heavy (non-hydrogen) atoms. The molecule has 0 aliphatic rings. The predicted octanol–water partition coefficient (Wildman–Crippen LogP) is 7.49. The molecule has 0 unspecified atom stereocenters. The van der Waals surface area contributed by atoms with Gasteiger partial charge in [0.1, 0.15) is 0 Å². The van der Waals surface area contributed by atoms with E-state index in [9.17, 15) is 0 Å². The van der Waals surface area contributed by atoms with E-state index in [1.807, 2.05) is 0 Å². The molecule has 2 aromatic rings. The number of benzene rings is 2. The van der Waals surface area contributed by atoms with Crippen molar-refractivity contribution in [3.05, 3.63) is 65.2 Å². The van der Waals surface area contributed by atoms with Crippen LogP contribution in [0.15, 0.2) is 48.5 Å². The van der Waals surface area contributed by atoms with Gasteiger partial charge in [0.2, 0.25) is 0 Å². The molecule has 2 rings (SSSR count). The molecule has 0 saturated carbocycles. The van der Waals surface area contributed by atoms with Crippen LogP contribution in [0.3, 0.4) is 0 Å². The molecule has 0 amide bonds. The van der Waals surface area contributed by atoms with E-state index >= 15 is 0 Å². The lowest BCUT2D eigenvalue weighted by atomic mass is 9.75. The van der Waals surface area contributed by atoms with Gasteiger partial charge in [-0.2, -0.15) is 0 Å².